The Kier molecular flexibility index (Phi) is 4.65. The van der Waals surface area contributed by atoms with E-state index in [1.54, 1.807) is 11.8 Å². The number of nitrogens with zero attached hydrogens (tertiary/aromatic N) is 4. The molecule has 0 amide bonds. The minimum atomic E-state index is 0.648. The van der Waals surface area contributed by atoms with Gasteiger partial charge in [0.15, 0.2) is 11.0 Å². The first-order chi connectivity index (χ1) is 11.2. The van der Waals surface area contributed by atoms with Crippen molar-refractivity contribution in [1.29, 1.82) is 5.26 Å². The van der Waals surface area contributed by atoms with Gasteiger partial charge < -0.3 is 4.57 Å². The van der Waals surface area contributed by atoms with Crippen molar-refractivity contribution in [3.8, 4) is 17.5 Å². The number of rotatable bonds is 4. The molecular formula is C17H13ClN4S. The Morgan fingerprint density at radius 3 is 2.65 bits per heavy atom. The molecular weight excluding hydrogens is 328 g/mol. The predicted octanol–water partition coefficient (Wildman–Crippen LogP) is 4.30. The monoisotopic (exact) mass is 340 g/mol. The molecule has 6 heteroatoms. The lowest BCUT2D eigenvalue weighted by atomic mass is 10.1. The third-order valence-electron chi connectivity index (χ3n) is 3.44. The van der Waals surface area contributed by atoms with Crippen LogP contribution in [0.25, 0.3) is 11.4 Å². The number of hydrogen-bond donors (Lipinski definition) is 0. The van der Waals surface area contributed by atoms with Gasteiger partial charge in [-0.3, -0.25) is 0 Å². The molecule has 0 unspecified atom stereocenters. The molecule has 0 aliphatic heterocycles. The molecule has 0 aliphatic carbocycles. The van der Waals surface area contributed by atoms with Crippen LogP contribution in [-0.2, 0) is 12.8 Å². The molecule has 2 aromatic carbocycles. The number of halogens is 1. The van der Waals surface area contributed by atoms with Crippen LogP contribution in [0.4, 0.5) is 0 Å². The summed E-state index contributed by atoms with van der Waals surface area (Å²) in [4.78, 5) is 0. The normalized spacial score (nSPS) is 10.5. The first-order valence-electron chi connectivity index (χ1n) is 6.96. The van der Waals surface area contributed by atoms with Crippen LogP contribution in [-0.4, -0.2) is 14.8 Å². The molecule has 3 aromatic rings. The molecule has 0 fully saturated rings. The lowest BCUT2D eigenvalue weighted by molar-refractivity contribution is 0.794. The minimum Gasteiger partial charge on any atom is -0.305 e. The average Bonchev–Trinajstić information content (AvgIpc) is 2.94. The van der Waals surface area contributed by atoms with E-state index in [9.17, 15) is 0 Å². The first kappa shape index (κ1) is 15.6. The number of benzene rings is 2. The summed E-state index contributed by atoms with van der Waals surface area (Å²) >= 11 is 7.77. The van der Waals surface area contributed by atoms with Crippen LogP contribution in [0, 0.1) is 11.3 Å². The Morgan fingerprint density at radius 1 is 1.13 bits per heavy atom. The summed E-state index contributed by atoms with van der Waals surface area (Å²) in [5.74, 6) is 1.39. The Balaban J connectivity index is 1.83. The minimum absolute atomic E-state index is 0.648. The number of hydrogen-bond acceptors (Lipinski definition) is 4. The van der Waals surface area contributed by atoms with Crippen LogP contribution < -0.4 is 0 Å². The van der Waals surface area contributed by atoms with E-state index in [4.69, 9.17) is 16.9 Å². The van der Waals surface area contributed by atoms with Gasteiger partial charge in [0.05, 0.1) is 16.7 Å². The zero-order chi connectivity index (χ0) is 16.2. The van der Waals surface area contributed by atoms with Crippen LogP contribution in [0.2, 0.25) is 5.02 Å². The van der Waals surface area contributed by atoms with E-state index in [0.717, 1.165) is 22.1 Å². The number of thioether (sulfide) groups is 1. The second kappa shape index (κ2) is 6.86. The van der Waals surface area contributed by atoms with Gasteiger partial charge in [-0.25, -0.2) is 0 Å². The lowest BCUT2D eigenvalue weighted by Gasteiger charge is -2.06. The fourth-order valence-electron chi connectivity index (χ4n) is 2.22. The van der Waals surface area contributed by atoms with E-state index in [1.165, 1.54) is 0 Å². The Morgan fingerprint density at radius 2 is 1.87 bits per heavy atom. The predicted molar refractivity (Wildman–Crippen MR) is 92.2 cm³/mol. The lowest BCUT2D eigenvalue weighted by Crippen LogP contribution is -1.96. The van der Waals surface area contributed by atoms with E-state index < -0.39 is 0 Å². The van der Waals surface area contributed by atoms with Crippen LogP contribution in [0.15, 0.2) is 53.7 Å². The summed E-state index contributed by atoms with van der Waals surface area (Å²) < 4.78 is 1.92. The van der Waals surface area contributed by atoms with E-state index in [1.807, 2.05) is 60.1 Å². The summed E-state index contributed by atoms with van der Waals surface area (Å²) in [6.45, 7) is 0. The first-order valence-corrected chi connectivity index (χ1v) is 8.32. The Labute approximate surface area is 143 Å². The summed E-state index contributed by atoms with van der Waals surface area (Å²) in [6, 6.07) is 17.4. The van der Waals surface area contributed by atoms with Gasteiger partial charge in [0, 0.05) is 18.4 Å². The van der Waals surface area contributed by atoms with Crippen LogP contribution >= 0.6 is 23.4 Å². The maximum Gasteiger partial charge on any atom is 0.191 e. The van der Waals surface area contributed by atoms with Crippen LogP contribution in [0.3, 0.4) is 0 Å². The van der Waals surface area contributed by atoms with Crippen molar-refractivity contribution in [3.63, 3.8) is 0 Å². The van der Waals surface area contributed by atoms with Crippen LogP contribution in [0.1, 0.15) is 11.1 Å². The molecule has 4 nitrogen and oxygen atoms in total. The smallest absolute Gasteiger partial charge is 0.191 e. The maximum absolute atomic E-state index is 9.15. The molecule has 0 N–H and O–H groups in total. The fraction of sp³-hybridized carbons (Fsp3) is 0.118. The Hall–Kier alpha value is -2.29. The summed E-state index contributed by atoms with van der Waals surface area (Å²) in [5.41, 5.74) is 2.53. The van der Waals surface area contributed by atoms with Gasteiger partial charge in [0.25, 0.3) is 0 Å². The van der Waals surface area contributed by atoms with Crippen molar-refractivity contribution in [3.05, 3.63) is 64.7 Å². The molecule has 114 valence electrons. The van der Waals surface area contributed by atoms with Gasteiger partial charge in [0.1, 0.15) is 0 Å². The highest BCUT2D eigenvalue weighted by Gasteiger charge is 2.14. The standard InChI is InChI=1S/C17H13ClN4S/c1-22-16(14-8-4-5-9-15(14)18)20-21-17(22)23-11-13-7-3-2-6-12(13)10-19/h2-9H,11H2,1H3. The van der Waals surface area contributed by atoms with Gasteiger partial charge in [0.2, 0.25) is 0 Å². The summed E-state index contributed by atoms with van der Waals surface area (Å²) in [7, 11) is 1.91. The third kappa shape index (κ3) is 3.24. The van der Waals surface area contributed by atoms with Crippen molar-refractivity contribution >= 4 is 23.4 Å². The van der Waals surface area contributed by atoms with E-state index in [0.29, 0.717) is 16.3 Å². The molecule has 1 aromatic heterocycles. The molecule has 0 atom stereocenters. The molecule has 0 bridgehead atoms. The zero-order valence-electron chi connectivity index (χ0n) is 12.4. The molecule has 0 aliphatic rings. The van der Waals surface area contributed by atoms with E-state index >= 15 is 0 Å². The van der Waals surface area contributed by atoms with Crippen molar-refractivity contribution in [2.24, 2.45) is 7.05 Å². The topological polar surface area (TPSA) is 54.5 Å². The van der Waals surface area contributed by atoms with Gasteiger partial charge >= 0.3 is 0 Å². The van der Waals surface area contributed by atoms with Gasteiger partial charge in [-0.15, -0.1) is 10.2 Å². The van der Waals surface area contributed by atoms with E-state index in [-0.39, 0.29) is 0 Å². The van der Waals surface area contributed by atoms with Crippen LogP contribution in [0.5, 0.6) is 0 Å². The molecule has 0 spiro atoms. The van der Waals surface area contributed by atoms with Crippen molar-refractivity contribution in [1.82, 2.24) is 14.8 Å². The molecule has 3 rings (SSSR count). The second-order valence-corrected chi connectivity index (χ2v) is 6.25. The third-order valence-corrected chi connectivity index (χ3v) is 4.84. The average molecular weight is 341 g/mol. The van der Waals surface area contributed by atoms with E-state index in [2.05, 4.69) is 16.3 Å². The summed E-state index contributed by atoms with van der Waals surface area (Å²) in [5, 5.41) is 19.1. The number of aromatic nitrogens is 3. The highest BCUT2D eigenvalue weighted by atomic mass is 35.5. The van der Waals surface area contributed by atoms with Crippen molar-refractivity contribution in [2.75, 3.05) is 0 Å². The summed E-state index contributed by atoms with van der Waals surface area (Å²) in [6.07, 6.45) is 0. The van der Waals surface area contributed by atoms with Gasteiger partial charge in [-0.05, 0) is 23.8 Å². The molecule has 0 radical (unpaired) electrons. The van der Waals surface area contributed by atoms with Crippen molar-refractivity contribution in [2.45, 2.75) is 10.9 Å². The van der Waals surface area contributed by atoms with Crippen molar-refractivity contribution < 1.29 is 0 Å². The molecule has 23 heavy (non-hydrogen) atoms. The highest BCUT2D eigenvalue weighted by molar-refractivity contribution is 7.98. The van der Waals surface area contributed by atoms with Gasteiger partial charge in [-0.1, -0.05) is 53.7 Å². The number of nitriles is 1. The Bertz CT molecular complexity index is 882. The second-order valence-electron chi connectivity index (χ2n) is 4.90. The quantitative estimate of drug-likeness (QED) is 0.664. The highest BCUT2D eigenvalue weighted by Crippen LogP contribution is 2.29. The SMILES string of the molecule is Cn1c(SCc2ccccc2C#N)nnc1-c1ccccc1Cl. The molecule has 1 heterocycles. The molecule has 0 saturated heterocycles. The maximum atomic E-state index is 9.15. The fourth-order valence-corrected chi connectivity index (χ4v) is 3.35. The van der Waals surface area contributed by atoms with Gasteiger partial charge in [-0.2, -0.15) is 5.26 Å². The zero-order valence-corrected chi connectivity index (χ0v) is 14.0. The molecule has 0 saturated carbocycles. The largest absolute Gasteiger partial charge is 0.305 e.